The third-order valence-electron chi connectivity index (χ3n) is 6.55. The number of hydrogen-bond donors (Lipinski definition) is 1. The molecule has 3 aromatic heterocycles. The van der Waals surface area contributed by atoms with E-state index < -0.39 is 0 Å². The number of hydrogen-bond acceptors (Lipinski definition) is 5. The first-order valence-corrected chi connectivity index (χ1v) is 11.4. The number of imidazole rings is 1. The van der Waals surface area contributed by atoms with Crippen molar-refractivity contribution in [2.45, 2.75) is 45.3 Å². The second-order valence-electron chi connectivity index (χ2n) is 8.87. The summed E-state index contributed by atoms with van der Waals surface area (Å²) in [7, 11) is 3.54. The van der Waals surface area contributed by atoms with E-state index in [1.165, 1.54) is 12.8 Å². The summed E-state index contributed by atoms with van der Waals surface area (Å²) in [6.07, 6.45) is 6.23. The number of nitrogens with zero attached hydrogens (tertiary/aromatic N) is 6. The fraction of sp³-hybridized carbons (Fsp3) is 0.360. The molecule has 1 N–H and O–H groups in total. The van der Waals surface area contributed by atoms with Crippen LogP contribution in [-0.4, -0.2) is 49.4 Å². The maximum absolute atomic E-state index is 12.2. The highest BCUT2D eigenvalue weighted by atomic mass is 16.1. The molecule has 1 aliphatic heterocycles. The highest BCUT2D eigenvalue weighted by Crippen LogP contribution is 2.31. The predicted octanol–water partition coefficient (Wildman–Crippen LogP) is 3.62. The van der Waals surface area contributed by atoms with Crippen molar-refractivity contribution in [3.63, 3.8) is 0 Å². The van der Waals surface area contributed by atoms with Gasteiger partial charge < -0.3 is 14.8 Å². The number of rotatable bonds is 5. The van der Waals surface area contributed by atoms with Gasteiger partial charge in [0.15, 0.2) is 0 Å². The van der Waals surface area contributed by atoms with E-state index in [0.717, 1.165) is 33.9 Å². The number of pyridine rings is 1. The maximum atomic E-state index is 12.2. The van der Waals surface area contributed by atoms with Crippen LogP contribution in [0.3, 0.4) is 0 Å². The van der Waals surface area contributed by atoms with Gasteiger partial charge in [0.2, 0.25) is 0 Å². The van der Waals surface area contributed by atoms with Crippen molar-refractivity contribution < 1.29 is 4.79 Å². The molecule has 8 nitrogen and oxygen atoms in total. The lowest BCUT2D eigenvalue weighted by Gasteiger charge is -2.27. The lowest BCUT2D eigenvalue weighted by Crippen LogP contribution is -2.33. The van der Waals surface area contributed by atoms with Crippen LogP contribution in [0.25, 0.3) is 22.4 Å². The molecule has 1 amide bonds. The number of benzene rings is 1. The Morgan fingerprint density at radius 3 is 2.55 bits per heavy atom. The zero-order valence-corrected chi connectivity index (χ0v) is 19.5. The number of amides is 1. The Morgan fingerprint density at radius 1 is 1.12 bits per heavy atom. The van der Waals surface area contributed by atoms with Crippen LogP contribution in [0.2, 0.25) is 0 Å². The highest BCUT2D eigenvalue weighted by Gasteiger charge is 2.28. The van der Waals surface area contributed by atoms with Gasteiger partial charge in [0, 0.05) is 49.7 Å². The summed E-state index contributed by atoms with van der Waals surface area (Å²) in [5, 5.41) is 7.23. The summed E-state index contributed by atoms with van der Waals surface area (Å²) in [5.41, 5.74) is 4.19. The molecular weight excluding hydrogens is 414 g/mol. The van der Waals surface area contributed by atoms with E-state index in [1.807, 2.05) is 43.7 Å². The minimum absolute atomic E-state index is 0.127. The van der Waals surface area contributed by atoms with Crippen LogP contribution >= 0.6 is 0 Å². The number of aryl methyl sites for hydroxylation is 1. The summed E-state index contributed by atoms with van der Waals surface area (Å²) < 4.78 is 3.94. The predicted molar refractivity (Wildman–Crippen MR) is 129 cm³/mol. The van der Waals surface area contributed by atoms with Crippen molar-refractivity contribution >= 4 is 22.8 Å². The average molecular weight is 444 g/mol. The summed E-state index contributed by atoms with van der Waals surface area (Å²) in [6.45, 7) is 5.10. The van der Waals surface area contributed by atoms with Crippen molar-refractivity contribution in [1.82, 2.24) is 29.6 Å². The fourth-order valence-corrected chi connectivity index (χ4v) is 4.82. The highest BCUT2D eigenvalue weighted by molar-refractivity contribution is 5.97. The molecule has 1 aromatic carbocycles. The van der Waals surface area contributed by atoms with Gasteiger partial charge in [-0.05, 0) is 63.1 Å². The van der Waals surface area contributed by atoms with E-state index >= 15 is 0 Å². The quantitative estimate of drug-likeness (QED) is 0.510. The molecule has 0 saturated carbocycles. The lowest BCUT2D eigenvalue weighted by molar-refractivity contribution is 0.0963. The van der Waals surface area contributed by atoms with Crippen LogP contribution in [0.4, 0.5) is 5.82 Å². The van der Waals surface area contributed by atoms with Crippen molar-refractivity contribution in [3.05, 3.63) is 60.0 Å². The van der Waals surface area contributed by atoms with Gasteiger partial charge in [-0.15, -0.1) is 0 Å². The third-order valence-corrected chi connectivity index (χ3v) is 6.55. The molecule has 1 saturated heterocycles. The molecule has 8 heteroatoms. The third kappa shape index (κ3) is 3.86. The SMILES string of the molecule is CNC(=O)c1ccc2c(c1)nc(-c1ccc(N3[C@@H](C)CC[C@@H]3C)nc1)n2Cc1ccn(C)n1. The largest absolute Gasteiger partial charge is 0.355 e. The second-order valence-corrected chi connectivity index (χ2v) is 8.87. The molecule has 2 atom stereocenters. The van der Waals surface area contributed by atoms with Crippen LogP contribution in [0.15, 0.2) is 48.8 Å². The summed E-state index contributed by atoms with van der Waals surface area (Å²) in [5.74, 6) is 1.69. The van der Waals surface area contributed by atoms with Gasteiger partial charge in [-0.25, -0.2) is 9.97 Å². The number of nitrogens with one attached hydrogen (secondary N) is 1. The van der Waals surface area contributed by atoms with Gasteiger partial charge >= 0.3 is 0 Å². The van der Waals surface area contributed by atoms with Crippen molar-refractivity contribution in [1.29, 1.82) is 0 Å². The van der Waals surface area contributed by atoms with Crippen molar-refractivity contribution in [2.24, 2.45) is 7.05 Å². The smallest absolute Gasteiger partial charge is 0.251 e. The van der Waals surface area contributed by atoms with Crippen LogP contribution in [0.1, 0.15) is 42.7 Å². The first kappa shape index (κ1) is 21.2. The molecule has 33 heavy (non-hydrogen) atoms. The van der Waals surface area contributed by atoms with Crippen molar-refractivity contribution in [3.8, 4) is 11.4 Å². The summed E-state index contributed by atoms with van der Waals surface area (Å²) >= 11 is 0. The molecule has 4 aromatic rings. The molecule has 1 aliphatic rings. The normalized spacial score (nSPS) is 18.2. The molecule has 0 radical (unpaired) electrons. The van der Waals surface area contributed by atoms with Crippen LogP contribution < -0.4 is 10.2 Å². The van der Waals surface area contributed by atoms with Crippen LogP contribution in [0, 0.1) is 0 Å². The van der Waals surface area contributed by atoms with E-state index in [9.17, 15) is 4.79 Å². The first-order valence-electron chi connectivity index (χ1n) is 11.4. The number of anilines is 1. The number of carbonyl (C=O) groups is 1. The maximum Gasteiger partial charge on any atom is 0.251 e. The monoisotopic (exact) mass is 443 g/mol. The van der Waals surface area contributed by atoms with Crippen LogP contribution in [-0.2, 0) is 13.6 Å². The molecular formula is C25H29N7O. The zero-order chi connectivity index (χ0) is 23.1. The standard InChI is InChI=1S/C25H29N7O/c1-16-5-6-17(2)32(16)23-10-8-19(14-27-23)24-28-21-13-18(25(33)26-3)7-9-22(21)31(24)15-20-11-12-30(4)29-20/h7-14,16-17H,5-6,15H2,1-4H3,(H,26,33)/t16-,17-/m0/s1. The Hall–Kier alpha value is -3.68. The number of fused-ring (bicyclic) bond motifs is 1. The Labute approximate surface area is 193 Å². The minimum Gasteiger partial charge on any atom is -0.355 e. The molecule has 4 heterocycles. The molecule has 0 spiro atoms. The summed E-state index contributed by atoms with van der Waals surface area (Å²) in [6, 6.07) is 12.8. The van der Waals surface area contributed by atoms with Gasteiger partial charge in [-0.3, -0.25) is 9.48 Å². The number of carbonyl (C=O) groups excluding carboxylic acids is 1. The van der Waals surface area contributed by atoms with Gasteiger partial charge in [0.25, 0.3) is 5.91 Å². The van der Waals surface area contributed by atoms with E-state index in [2.05, 4.69) is 45.9 Å². The molecule has 170 valence electrons. The van der Waals surface area contributed by atoms with Gasteiger partial charge in [0.05, 0.1) is 23.3 Å². The van der Waals surface area contributed by atoms with Gasteiger partial charge in [0.1, 0.15) is 11.6 Å². The summed E-state index contributed by atoms with van der Waals surface area (Å²) in [4.78, 5) is 24.3. The molecule has 0 aliphatic carbocycles. The zero-order valence-electron chi connectivity index (χ0n) is 19.5. The van der Waals surface area contributed by atoms with Gasteiger partial charge in [-0.1, -0.05) is 0 Å². The van der Waals surface area contributed by atoms with Gasteiger partial charge in [-0.2, -0.15) is 5.10 Å². The topological polar surface area (TPSA) is 80.9 Å². The molecule has 0 bridgehead atoms. The van der Waals surface area contributed by atoms with Crippen LogP contribution in [0.5, 0.6) is 0 Å². The molecule has 1 fully saturated rings. The Bertz CT molecular complexity index is 1290. The lowest BCUT2D eigenvalue weighted by atomic mass is 10.2. The Kier molecular flexibility index (Phi) is 5.36. The number of aromatic nitrogens is 5. The fourth-order valence-electron chi connectivity index (χ4n) is 4.82. The average Bonchev–Trinajstić information content (AvgIpc) is 3.50. The van der Waals surface area contributed by atoms with E-state index in [1.54, 1.807) is 11.7 Å². The minimum atomic E-state index is -0.127. The Morgan fingerprint density at radius 2 is 1.91 bits per heavy atom. The Balaban J connectivity index is 1.58. The van der Waals surface area contributed by atoms with E-state index in [0.29, 0.717) is 24.2 Å². The van der Waals surface area contributed by atoms with E-state index in [4.69, 9.17) is 9.97 Å². The first-order chi connectivity index (χ1) is 15.9. The molecule has 5 rings (SSSR count). The van der Waals surface area contributed by atoms with E-state index in [-0.39, 0.29) is 5.91 Å². The second kappa shape index (κ2) is 8.35. The molecule has 0 unspecified atom stereocenters. The van der Waals surface area contributed by atoms with Crippen molar-refractivity contribution in [2.75, 3.05) is 11.9 Å².